The van der Waals surface area contributed by atoms with Gasteiger partial charge in [0, 0.05) is 0 Å². The van der Waals surface area contributed by atoms with Crippen LogP contribution >= 0.6 is 0 Å². The number of hydrogen-bond acceptors (Lipinski definition) is 3. The van der Waals surface area contributed by atoms with Crippen molar-refractivity contribution in [3.05, 3.63) is 23.5 Å². The second kappa shape index (κ2) is 4.48. The molecule has 0 saturated heterocycles. The lowest BCUT2D eigenvalue weighted by Crippen LogP contribution is -2.19. The Bertz CT molecular complexity index is 339. The van der Waals surface area contributed by atoms with Crippen LogP contribution < -0.4 is 4.74 Å². The van der Waals surface area contributed by atoms with Crippen LogP contribution in [0.5, 0.6) is 5.75 Å². The second-order valence-corrected chi connectivity index (χ2v) is 2.95. The molecule has 0 aliphatic carbocycles. The smallest absolute Gasteiger partial charge is 0.422 e. The van der Waals surface area contributed by atoms with Crippen LogP contribution in [0, 0.1) is 6.92 Å². The van der Waals surface area contributed by atoms with Crippen molar-refractivity contribution in [3.8, 4) is 5.75 Å². The van der Waals surface area contributed by atoms with Gasteiger partial charge >= 0.3 is 6.18 Å². The fourth-order valence-corrected chi connectivity index (χ4v) is 1.00. The van der Waals surface area contributed by atoms with Gasteiger partial charge < -0.3 is 9.84 Å². The molecule has 1 rings (SSSR count). The van der Waals surface area contributed by atoms with Gasteiger partial charge in [-0.25, -0.2) is 0 Å². The maximum Gasteiger partial charge on any atom is 0.422 e. The van der Waals surface area contributed by atoms with E-state index in [1.807, 2.05) is 0 Å². The van der Waals surface area contributed by atoms with E-state index in [9.17, 15) is 13.2 Å². The van der Waals surface area contributed by atoms with Crippen molar-refractivity contribution in [2.24, 2.45) is 0 Å². The molecule has 0 saturated carbocycles. The Hall–Kier alpha value is -1.30. The number of aryl methyl sites for hydroxylation is 1. The van der Waals surface area contributed by atoms with E-state index < -0.39 is 12.8 Å². The lowest BCUT2D eigenvalue weighted by molar-refractivity contribution is -0.153. The fourth-order valence-electron chi connectivity index (χ4n) is 1.00. The van der Waals surface area contributed by atoms with Crippen LogP contribution in [-0.4, -0.2) is 22.9 Å². The minimum Gasteiger partial charge on any atom is -0.482 e. The highest BCUT2D eigenvalue weighted by atomic mass is 19.4. The predicted octanol–water partition coefficient (Wildman–Crippen LogP) is 1.82. The molecule has 0 aliphatic rings. The fraction of sp³-hybridized carbons (Fsp3) is 0.444. The Kier molecular flexibility index (Phi) is 3.52. The molecule has 0 bridgehead atoms. The van der Waals surface area contributed by atoms with Gasteiger partial charge in [-0.1, -0.05) is 0 Å². The number of aliphatic hydroxyl groups excluding tert-OH is 1. The average Bonchev–Trinajstić information content (AvgIpc) is 2.14. The van der Waals surface area contributed by atoms with Crippen LogP contribution in [0.1, 0.15) is 11.4 Å². The first-order valence-electron chi connectivity index (χ1n) is 4.19. The maximum absolute atomic E-state index is 11.8. The van der Waals surface area contributed by atoms with Gasteiger partial charge in [-0.15, -0.1) is 0 Å². The number of aliphatic hydroxyl groups is 1. The summed E-state index contributed by atoms with van der Waals surface area (Å²) in [5, 5.41) is 8.73. The first-order valence-corrected chi connectivity index (χ1v) is 4.19. The standard InChI is InChI=1S/C9H10F3NO2/c1-6-8(15-5-9(10,11)12)3-2-7(4-14)13-6/h2-3,14H,4-5H2,1H3. The van der Waals surface area contributed by atoms with Crippen molar-refractivity contribution < 1.29 is 23.0 Å². The molecular weight excluding hydrogens is 211 g/mol. The summed E-state index contributed by atoms with van der Waals surface area (Å²) >= 11 is 0. The van der Waals surface area contributed by atoms with E-state index in [0.29, 0.717) is 11.4 Å². The third kappa shape index (κ3) is 3.75. The van der Waals surface area contributed by atoms with E-state index in [0.717, 1.165) is 0 Å². The summed E-state index contributed by atoms with van der Waals surface area (Å²) in [6.45, 7) is -0.0702. The van der Waals surface area contributed by atoms with E-state index >= 15 is 0 Å². The molecule has 1 aromatic heterocycles. The number of hydrogen-bond donors (Lipinski definition) is 1. The molecule has 0 aliphatic heterocycles. The summed E-state index contributed by atoms with van der Waals surface area (Å²) in [6, 6.07) is 2.78. The van der Waals surface area contributed by atoms with Gasteiger partial charge in [-0.05, 0) is 19.1 Å². The molecule has 3 nitrogen and oxygen atoms in total. The Morgan fingerprint density at radius 2 is 2.07 bits per heavy atom. The molecule has 0 radical (unpaired) electrons. The molecule has 0 aromatic carbocycles. The van der Waals surface area contributed by atoms with Crippen molar-refractivity contribution in [2.45, 2.75) is 19.7 Å². The van der Waals surface area contributed by atoms with Gasteiger partial charge in [0.25, 0.3) is 0 Å². The van der Waals surface area contributed by atoms with Crippen molar-refractivity contribution >= 4 is 0 Å². The van der Waals surface area contributed by atoms with Crippen molar-refractivity contribution in [3.63, 3.8) is 0 Å². The topological polar surface area (TPSA) is 42.4 Å². The highest BCUT2D eigenvalue weighted by Gasteiger charge is 2.28. The molecule has 1 N–H and O–H groups in total. The first kappa shape index (κ1) is 11.8. The number of pyridine rings is 1. The predicted molar refractivity (Wildman–Crippen MR) is 46.4 cm³/mol. The number of alkyl halides is 3. The Balaban J connectivity index is 2.70. The Morgan fingerprint density at radius 3 is 2.53 bits per heavy atom. The van der Waals surface area contributed by atoms with Crippen LogP contribution in [0.15, 0.2) is 12.1 Å². The van der Waals surface area contributed by atoms with Crippen molar-refractivity contribution in [2.75, 3.05) is 6.61 Å². The van der Waals surface area contributed by atoms with Crippen LogP contribution in [0.2, 0.25) is 0 Å². The van der Waals surface area contributed by atoms with Gasteiger partial charge in [-0.3, -0.25) is 4.98 Å². The zero-order valence-electron chi connectivity index (χ0n) is 8.01. The molecule has 0 atom stereocenters. The van der Waals surface area contributed by atoms with Crippen LogP contribution in [0.25, 0.3) is 0 Å². The van der Waals surface area contributed by atoms with Crippen LogP contribution in [0.3, 0.4) is 0 Å². The van der Waals surface area contributed by atoms with Gasteiger partial charge in [0.1, 0.15) is 5.75 Å². The number of halogens is 3. The molecule has 0 unspecified atom stereocenters. The molecule has 1 aromatic rings. The average molecular weight is 221 g/mol. The number of nitrogens with zero attached hydrogens (tertiary/aromatic N) is 1. The SMILES string of the molecule is Cc1nc(CO)ccc1OCC(F)(F)F. The number of rotatable bonds is 3. The minimum atomic E-state index is -4.36. The molecule has 6 heteroatoms. The molecule has 15 heavy (non-hydrogen) atoms. The molecule has 0 fully saturated rings. The van der Waals surface area contributed by atoms with Crippen molar-refractivity contribution in [1.29, 1.82) is 0 Å². The van der Waals surface area contributed by atoms with Gasteiger partial charge in [0.2, 0.25) is 0 Å². The van der Waals surface area contributed by atoms with Crippen LogP contribution in [0.4, 0.5) is 13.2 Å². The minimum absolute atomic E-state index is 0.0736. The number of ether oxygens (including phenoxy) is 1. The molecule has 0 amide bonds. The third-order valence-electron chi connectivity index (χ3n) is 1.65. The second-order valence-electron chi connectivity index (χ2n) is 2.95. The zero-order valence-corrected chi connectivity index (χ0v) is 8.01. The molecular formula is C9H10F3NO2. The van der Waals surface area contributed by atoms with E-state index in [1.54, 1.807) is 0 Å². The summed E-state index contributed by atoms with van der Waals surface area (Å²) in [6.07, 6.45) is -4.36. The molecule has 0 spiro atoms. The summed E-state index contributed by atoms with van der Waals surface area (Å²) < 4.78 is 40.0. The number of aromatic nitrogens is 1. The van der Waals surface area contributed by atoms with Gasteiger partial charge in [0.15, 0.2) is 6.61 Å². The zero-order chi connectivity index (χ0) is 11.5. The van der Waals surface area contributed by atoms with Gasteiger partial charge in [-0.2, -0.15) is 13.2 Å². The Morgan fingerprint density at radius 1 is 1.40 bits per heavy atom. The maximum atomic E-state index is 11.8. The largest absolute Gasteiger partial charge is 0.482 e. The quantitative estimate of drug-likeness (QED) is 0.846. The Labute approximate surface area is 84.5 Å². The van der Waals surface area contributed by atoms with Gasteiger partial charge in [0.05, 0.1) is 18.0 Å². The lowest BCUT2D eigenvalue weighted by Gasteiger charge is -2.11. The normalized spacial score (nSPS) is 11.5. The summed E-state index contributed by atoms with van der Waals surface area (Å²) in [7, 11) is 0. The highest BCUT2D eigenvalue weighted by molar-refractivity contribution is 5.28. The summed E-state index contributed by atoms with van der Waals surface area (Å²) in [5.74, 6) is 0.0736. The summed E-state index contributed by atoms with van der Waals surface area (Å²) in [5.41, 5.74) is 0.720. The van der Waals surface area contributed by atoms with E-state index in [1.165, 1.54) is 19.1 Å². The highest BCUT2D eigenvalue weighted by Crippen LogP contribution is 2.20. The van der Waals surface area contributed by atoms with E-state index in [-0.39, 0.29) is 12.4 Å². The third-order valence-corrected chi connectivity index (χ3v) is 1.65. The summed E-state index contributed by atoms with van der Waals surface area (Å²) in [4.78, 5) is 3.85. The lowest BCUT2D eigenvalue weighted by atomic mass is 10.3. The molecule has 1 heterocycles. The monoisotopic (exact) mass is 221 g/mol. The van der Waals surface area contributed by atoms with E-state index in [4.69, 9.17) is 5.11 Å². The van der Waals surface area contributed by atoms with Crippen molar-refractivity contribution in [1.82, 2.24) is 4.98 Å². The molecule has 84 valence electrons. The van der Waals surface area contributed by atoms with E-state index in [2.05, 4.69) is 9.72 Å². The van der Waals surface area contributed by atoms with Crippen LogP contribution in [-0.2, 0) is 6.61 Å². The first-order chi connectivity index (χ1) is 6.92.